The number of fused-ring (bicyclic) bond motifs is 1. The molecule has 1 atom stereocenters. The minimum absolute atomic E-state index is 0.379. The molecule has 0 aliphatic carbocycles. The lowest BCUT2D eigenvalue weighted by Crippen LogP contribution is -2.38. The maximum atomic E-state index is 5.76. The van der Waals surface area contributed by atoms with Crippen molar-refractivity contribution in [2.24, 2.45) is 11.1 Å². The van der Waals surface area contributed by atoms with Gasteiger partial charge in [0, 0.05) is 16.7 Å². The summed E-state index contributed by atoms with van der Waals surface area (Å²) in [5.41, 5.74) is 8.90. The molecule has 2 rings (SSSR count). The van der Waals surface area contributed by atoms with Crippen molar-refractivity contribution in [3.63, 3.8) is 0 Å². The minimum Gasteiger partial charge on any atom is -0.384 e. The van der Waals surface area contributed by atoms with Gasteiger partial charge in [-0.3, -0.25) is 0 Å². The number of nitrogens with one attached hydrogen (secondary N) is 1. The molecule has 16 heavy (non-hydrogen) atoms. The van der Waals surface area contributed by atoms with Gasteiger partial charge in [-0.2, -0.15) is 0 Å². The third kappa shape index (κ3) is 2.51. The smallest absolute Gasteiger partial charge is 0.0373 e. The second kappa shape index (κ2) is 5.36. The number of hydrogen-bond acceptors (Lipinski definition) is 2. The van der Waals surface area contributed by atoms with E-state index in [4.69, 9.17) is 5.73 Å². The summed E-state index contributed by atoms with van der Waals surface area (Å²) >= 11 is 2.47. The van der Waals surface area contributed by atoms with Crippen molar-refractivity contribution in [3.05, 3.63) is 29.8 Å². The van der Waals surface area contributed by atoms with Crippen LogP contribution in [-0.2, 0) is 6.42 Å². The largest absolute Gasteiger partial charge is 0.384 e. The number of nitrogens with two attached hydrogens (primary N) is 1. The van der Waals surface area contributed by atoms with E-state index in [1.807, 2.05) is 0 Å². The van der Waals surface area contributed by atoms with Crippen LogP contribution in [0.2, 0.25) is 0 Å². The molecule has 1 aliphatic heterocycles. The molecule has 2 nitrogen and oxygen atoms in total. The molecule has 1 heterocycles. The first-order valence-corrected chi connectivity index (χ1v) is 7.40. The predicted octanol–water partition coefficient (Wildman–Crippen LogP) is 2.81. The topological polar surface area (TPSA) is 38.0 Å². The highest BCUT2D eigenvalue weighted by Gasteiger charge is 2.32. The highest BCUT2D eigenvalue weighted by Crippen LogP contribution is 2.38. The van der Waals surface area contributed by atoms with Crippen LogP contribution in [0.25, 0.3) is 0 Å². The van der Waals surface area contributed by atoms with Gasteiger partial charge in [0.2, 0.25) is 0 Å². The van der Waals surface area contributed by atoms with Crippen LogP contribution >= 0.6 is 22.6 Å². The second-order valence-electron chi connectivity index (χ2n) is 4.67. The lowest BCUT2D eigenvalue weighted by molar-refractivity contribution is 0.270. The number of benzene rings is 1. The summed E-state index contributed by atoms with van der Waals surface area (Å²) in [6, 6.07) is 8.63. The van der Waals surface area contributed by atoms with Crippen LogP contribution in [0.3, 0.4) is 0 Å². The average Bonchev–Trinajstić information content (AvgIpc) is 2.30. The van der Waals surface area contributed by atoms with Gasteiger partial charge in [0.1, 0.15) is 0 Å². The highest BCUT2D eigenvalue weighted by molar-refractivity contribution is 14.1. The highest BCUT2D eigenvalue weighted by atomic mass is 127. The van der Waals surface area contributed by atoms with E-state index < -0.39 is 0 Å². The van der Waals surface area contributed by atoms with Crippen LogP contribution in [0, 0.1) is 5.41 Å². The fourth-order valence-electron chi connectivity index (χ4n) is 2.58. The lowest BCUT2D eigenvalue weighted by Gasteiger charge is -2.38. The zero-order chi connectivity index (χ0) is 11.4. The molecule has 88 valence electrons. The molecule has 1 aromatic carbocycles. The molecule has 0 amide bonds. The zero-order valence-corrected chi connectivity index (χ0v) is 11.7. The lowest BCUT2D eigenvalue weighted by atomic mass is 9.74. The Bertz CT molecular complexity index is 346. The molecule has 0 aromatic heterocycles. The van der Waals surface area contributed by atoms with E-state index in [1.165, 1.54) is 28.5 Å². The fraction of sp³-hybridized carbons (Fsp3) is 0.538. The Kier molecular flexibility index (Phi) is 4.08. The molecule has 3 N–H and O–H groups in total. The molecule has 0 spiro atoms. The second-order valence-corrected chi connectivity index (χ2v) is 5.74. The third-order valence-corrected chi connectivity index (χ3v) is 4.08. The van der Waals surface area contributed by atoms with Gasteiger partial charge in [-0.15, -0.1) is 0 Å². The van der Waals surface area contributed by atoms with Crippen molar-refractivity contribution in [1.82, 2.24) is 0 Å². The average molecular weight is 330 g/mol. The SMILES string of the molecule is NCCC1(CCI)CNc2ccccc2C1. The van der Waals surface area contributed by atoms with E-state index in [1.54, 1.807) is 0 Å². The molecule has 0 radical (unpaired) electrons. The molecule has 0 bridgehead atoms. The first-order chi connectivity index (χ1) is 7.79. The molecule has 3 heteroatoms. The van der Waals surface area contributed by atoms with Gasteiger partial charge >= 0.3 is 0 Å². The summed E-state index contributed by atoms with van der Waals surface area (Å²) in [5.74, 6) is 0. The molecular formula is C13H19IN2. The summed E-state index contributed by atoms with van der Waals surface area (Å²) < 4.78 is 1.21. The number of para-hydroxylation sites is 1. The van der Waals surface area contributed by atoms with Crippen LogP contribution in [0.1, 0.15) is 18.4 Å². The van der Waals surface area contributed by atoms with Crippen LogP contribution in [0.15, 0.2) is 24.3 Å². The number of halogens is 1. The summed E-state index contributed by atoms with van der Waals surface area (Å²) in [4.78, 5) is 0. The van der Waals surface area contributed by atoms with E-state index in [9.17, 15) is 0 Å². The van der Waals surface area contributed by atoms with Crippen molar-refractivity contribution >= 4 is 28.3 Å². The molecule has 0 saturated heterocycles. The van der Waals surface area contributed by atoms with Crippen LogP contribution in [0.5, 0.6) is 0 Å². The molecule has 0 saturated carbocycles. The predicted molar refractivity (Wildman–Crippen MR) is 78.2 cm³/mol. The molecule has 0 fully saturated rings. The Morgan fingerprint density at radius 2 is 2.12 bits per heavy atom. The van der Waals surface area contributed by atoms with Gasteiger partial charge in [0.15, 0.2) is 0 Å². The Hall–Kier alpha value is -0.290. The first-order valence-electron chi connectivity index (χ1n) is 5.87. The molecular weight excluding hydrogens is 311 g/mol. The Morgan fingerprint density at radius 1 is 1.31 bits per heavy atom. The van der Waals surface area contributed by atoms with Crippen molar-refractivity contribution < 1.29 is 0 Å². The zero-order valence-electron chi connectivity index (χ0n) is 9.51. The summed E-state index contributed by atoms with van der Waals surface area (Å²) in [6.07, 6.45) is 3.56. The van der Waals surface area contributed by atoms with Gasteiger partial charge < -0.3 is 11.1 Å². The molecule has 1 aliphatic rings. The monoisotopic (exact) mass is 330 g/mol. The summed E-state index contributed by atoms with van der Waals surface area (Å²) in [5, 5.41) is 3.56. The third-order valence-electron chi connectivity index (χ3n) is 3.54. The Balaban J connectivity index is 2.20. The van der Waals surface area contributed by atoms with E-state index in [-0.39, 0.29) is 0 Å². The summed E-state index contributed by atoms with van der Waals surface area (Å²) in [7, 11) is 0. The van der Waals surface area contributed by atoms with Crippen LogP contribution in [-0.4, -0.2) is 17.5 Å². The van der Waals surface area contributed by atoms with Gasteiger partial charge in [-0.1, -0.05) is 40.8 Å². The van der Waals surface area contributed by atoms with Gasteiger partial charge in [-0.05, 0) is 42.9 Å². The van der Waals surface area contributed by atoms with E-state index >= 15 is 0 Å². The molecule has 1 unspecified atom stereocenters. The van der Waals surface area contributed by atoms with Gasteiger partial charge in [0.25, 0.3) is 0 Å². The van der Waals surface area contributed by atoms with E-state index in [0.29, 0.717) is 5.41 Å². The quantitative estimate of drug-likeness (QED) is 0.658. The standard InChI is InChI=1S/C13H19IN2/c14-7-5-13(6-8-15)9-11-3-1-2-4-12(11)16-10-13/h1-4,16H,5-10,15H2. The van der Waals surface area contributed by atoms with Crippen molar-refractivity contribution in [2.45, 2.75) is 19.3 Å². The Labute approximate surface area is 111 Å². The van der Waals surface area contributed by atoms with Crippen molar-refractivity contribution in [1.29, 1.82) is 0 Å². The summed E-state index contributed by atoms with van der Waals surface area (Å²) in [6.45, 7) is 1.87. The van der Waals surface area contributed by atoms with E-state index in [2.05, 4.69) is 52.2 Å². The normalized spacial score (nSPS) is 23.6. The van der Waals surface area contributed by atoms with E-state index in [0.717, 1.165) is 19.5 Å². The maximum absolute atomic E-state index is 5.76. The number of alkyl halides is 1. The number of hydrogen-bond donors (Lipinski definition) is 2. The van der Waals surface area contributed by atoms with Crippen molar-refractivity contribution in [3.8, 4) is 0 Å². The van der Waals surface area contributed by atoms with Crippen molar-refractivity contribution in [2.75, 3.05) is 22.8 Å². The maximum Gasteiger partial charge on any atom is 0.0373 e. The first kappa shape index (κ1) is 12.2. The number of anilines is 1. The molecule has 1 aromatic rings. The minimum atomic E-state index is 0.379. The van der Waals surface area contributed by atoms with Crippen LogP contribution < -0.4 is 11.1 Å². The Morgan fingerprint density at radius 3 is 2.88 bits per heavy atom. The van der Waals surface area contributed by atoms with Gasteiger partial charge in [-0.25, -0.2) is 0 Å². The van der Waals surface area contributed by atoms with Crippen LogP contribution in [0.4, 0.5) is 5.69 Å². The van der Waals surface area contributed by atoms with Gasteiger partial charge in [0.05, 0.1) is 0 Å². The fourth-order valence-corrected chi connectivity index (χ4v) is 3.73. The number of rotatable bonds is 4.